The summed E-state index contributed by atoms with van der Waals surface area (Å²) in [6.45, 7) is 2.12. The van der Waals surface area contributed by atoms with Crippen molar-refractivity contribution in [2.45, 2.75) is 19.5 Å². The summed E-state index contributed by atoms with van der Waals surface area (Å²) in [4.78, 5) is 37.4. The van der Waals surface area contributed by atoms with Crippen molar-refractivity contribution >= 4 is 41.2 Å². The van der Waals surface area contributed by atoms with Gasteiger partial charge in [0.05, 0.1) is 0 Å². The topological polar surface area (TPSA) is 104 Å². The molecule has 33 heavy (non-hydrogen) atoms. The zero-order valence-corrected chi connectivity index (χ0v) is 20.4. The summed E-state index contributed by atoms with van der Waals surface area (Å²) in [5.41, 5.74) is 9.56. The smallest absolute Gasteiger partial charge is 0.318 e. The second-order valence-electron chi connectivity index (χ2n) is 7.74. The number of carbonyl (C=O) groups excluding carboxylic acids is 2. The number of carbonyl (C=O) groups is 2. The molecule has 0 aliphatic heterocycles. The van der Waals surface area contributed by atoms with E-state index in [0.717, 1.165) is 23.2 Å². The number of aromatic nitrogens is 2. The van der Waals surface area contributed by atoms with Gasteiger partial charge in [-0.25, -0.2) is 4.79 Å². The number of ketones is 1. The lowest BCUT2D eigenvalue weighted by Crippen LogP contribution is -2.42. The van der Waals surface area contributed by atoms with E-state index in [-0.39, 0.29) is 30.6 Å². The molecular weight excluding hydrogens is 460 g/mol. The van der Waals surface area contributed by atoms with Crippen LogP contribution in [0.4, 0.5) is 10.5 Å². The maximum Gasteiger partial charge on any atom is 0.318 e. The molecule has 0 saturated carbocycles. The van der Waals surface area contributed by atoms with E-state index in [0.29, 0.717) is 31.0 Å². The van der Waals surface area contributed by atoms with Gasteiger partial charge >= 0.3 is 6.03 Å². The third-order valence-corrected chi connectivity index (χ3v) is 5.72. The van der Waals surface area contributed by atoms with Crippen LogP contribution in [0.15, 0.2) is 53.6 Å². The second kappa shape index (κ2) is 12.9. The molecular formula is C23H29ClN6O2S. The van der Waals surface area contributed by atoms with Crippen molar-refractivity contribution in [2.75, 3.05) is 32.9 Å². The molecule has 0 unspecified atom stereocenters. The normalized spacial score (nSPS) is 10.5. The molecule has 0 aliphatic rings. The molecule has 176 valence electrons. The predicted molar refractivity (Wildman–Crippen MR) is 134 cm³/mol. The van der Waals surface area contributed by atoms with Crippen LogP contribution in [-0.2, 0) is 19.5 Å². The first-order valence-electron chi connectivity index (χ1n) is 10.3. The van der Waals surface area contributed by atoms with Crippen LogP contribution < -0.4 is 11.1 Å². The average Bonchev–Trinajstić information content (AvgIpc) is 3.20. The van der Waals surface area contributed by atoms with E-state index in [2.05, 4.69) is 15.3 Å². The SMILES string of the molecule is CN(C)CCN(Cc1ccc(C(=O)Cc2cscc2N)nc1)C(=O)NCc1ccncc1.Cl. The highest BCUT2D eigenvalue weighted by atomic mass is 35.5. The number of rotatable bonds is 10. The minimum Gasteiger partial charge on any atom is -0.398 e. The molecule has 0 spiro atoms. The van der Waals surface area contributed by atoms with Crippen LogP contribution in [0.5, 0.6) is 0 Å². The Kier molecular flexibility index (Phi) is 10.2. The van der Waals surface area contributed by atoms with Crippen molar-refractivity contribution in [3.63, 3.8) is 0 Å². The monoisotopic (exact) mass is 488 g/mol. The number of amides is 2. The van der Waals surface area contributed by atoms with Gasteiger partial charge in [-0.05, 0) is 54.4 Å². The molecule has 8 nitrogen and oxygen atoms in total. The number of Topliss-reactive ketones (excluding diaryl/α,β-unsaturated/α-hetero) is 1. The highest BCUT2D eigenvalue weighted by Crippen LogP contribution is 2.19. The third kappa shape index (κ3) is 8.12. The molecule has 3 rings (SSSR count). The summed E-state index contributed by atoms with van der Waals surface area (Å²) < 4.78 is 0. The number of likely N-dealkylation sites (N-methyl/N-ethyl adjacent to an activating group) is 1. The molecule has 0 fully saturated rings. The zero-order chi connectivity index (χ0) is 22.9. The van der Waals surface area contributed by atoms with Gasteiger partial charge in [-0.3, -0.25) is 14.8 Å². The fourth-order valence-corrected chi connectivity index (χ4v) is 3.76. The van der Waals surface area contributed by atoms with Crippen molar-refractivity contribution < 1.29 is 9.59 Å². The molecule has 2 amide bonds. The van der Waals surface area contributed by atoms with Gasteiger partial charge in [0.15, 0.2) is 5.78 Å². The van der Waals surface area contributed by atoms with E-state index >= 15 is 0 Å². The maximum absolute atomic E-state index is 12.8. The number of hydrogen-bond acceptors (Lipinski definition) is 7. The minimum absolute atomic E-state index is 0. The molecule has 3 N–H and O–H groups in total. The number of hydrogen-bond donors (Lipinski definition) is 2. The Morgan fingerprint density at radius 2 is 1.82 bits per heavy atom. The Morgan fingerprint density at radius 1 is 1.06 bits per heavy atom. The van der Waals surface area contributed by atoms with Crippen molar-refractivity contribution in [2.24, 2.45) is 0 Å². The van der Waals surface area contributed by atoms with Gasteiger partial charge in [0.25, 0.3) is 0 Å². The van der Waals surface area contributed by atoms with E-state index in [4.69, 9.17) is 5.73 Å². The number of thiophene rings is 1. The van der Waals surface area contributed by atoms with E-state index in [9.17, 15) is 9.59 Å². The zero-order valence-electron chi connectivity index (χ0n) is 18.7. The molecule has 0 aromatic carbocycles. The summed E-state index contributed by atoms with van der Waals surface area (Å²) in [6.07, 6.45) is 5.29. The summed E-state index contributed by atoms with van der Waals surface area (Å²) >= 11 is 1.48. The van der Waals surface area contributed by atoms with Gasteiger partial charge in [0.1, 0.15) is 5.69 Å². The third-order valence-electron chi connectivity index (χ3n) is 4.91. The number of anilines is 1. The van der Waals surface area contributed by atoms with Crippen molar-refractivity contribution in [3.05, 3.63) is 76.0 Å². The van der Waals surface area contributed by atoms with Gasteiger partial charge in [0.2, 0.25) is 0 Å². The highest BCUT2D eigenvalue weighted by molar-refractivity contribution is 7.08. The Balaban J connectivity index is 0.00000385. The van der Waals surface area contributed by atoms with Crippen LogP contribution in [0.2, 0.25) is 0 Å². The van der Waals surface area contributed by atoms with Crippen LogP contribution in [0.3, 0.4) is 0 Å². The maximum atomic E-state index is 12.8. The Labute approximate surface area is 204 Å². The molecule has 3 aromatic heterocycles. The molecule has 0 aliphatic carbocycles. The lowest BCUT2D eigenvalue weighted by atomic mass is 10.1. The number of nitrogens with zero attached hydrogens (tertiary/aromatic N) is 4. The van der Waals surface area contributed by atoms with Gasteiger partial charge in [0, 0.05) is 62.3 Å². The number of pyridine rings is 2. The molecule has 10 heteroatoms. The van der Waals surface area contributed by atoms with Crippen molar-refractivity contribution in [3.8, 4) is 0 Å². The van der Waals surface area contributed by atoms with Crippen LogP contribution in [0.25, 0.3) is 0 Å². The first-order valence-corrected chi connectivity index (χ1v) is 11.2. The molecule has 0 saturated heterocycles. The minimum atomic E-state index is -0.156. The second-order valence-corrected chi connectivity index (χ2v) is 8.49. The molecule has 3 heterocycles. The van der Waals surface area contributed by atoms with Gasteiger partial charge in [-0.15, -0.1) is 23.7 Å². The molecule has 3 aromatic rings. The van der Waals surface area contributed by atoms with Crippen molar-refractivity contribution in [1.29, 1.82) is 0 Å². The number of nitrogens with two attached hydrogens (primary N) is 1. The fraction of sp³-hybridized carbons (Fsp3) is 0.304. The number of halogens is 1. The number of nitrogen functional groups attached to an aromatic ring is 1. The Morgan fingerprint density at radius 3 is 2.42 bits per heavy atom. The lowest BCUT2D eigenvalue weighted by molar-refractivity contribution is 0.0988. The van der Waals surface area contributed by atoms with E-state index in [1.807, 2.05) is 48.0 Å². The van der Waals surface area contributed by atoms with Crippen molar-refractivity contribution in [1.82, 2.24) is 25.1 Å². The fourth-order valence-electron chi connectivity index (χ4n) is 3.01. The first kappa shape index (κ1) is 26.2. The van der Waals surface area contributed by atoms with E-state index in [1.54, 1.807) is 29.6 Å². The number of nitrogens with one attached hydrogen (secondary N) is 1. The standard InChI is InChI=1S/C23H28N6O2S.ClH/c1-28(2)9-10-29(23(31)27-12-17-5-7-25-8-6-17)14-18-3-4-21(26-13-18)22(30)11-19-15-32-16-20(19)24;/h3-8,13,15-16H,9-12,14,24H2,1-2H3,(H,27,31);1H. The van der Waals surface area contributed by atoms with Gasteiger partial charge in [-0.1, -0.05) is 6.07 Å². The van der Waals surface area contributed by atoms with Gasteiger partial charge in [-0.2, -0.15) is 0 Å². The molecule has 0 radical (unpaired) electrons. The predicted octanol–water partition coefficient (Wildman–Crippen LogP) is 3.24. The van der Waals surface area contributed by atoms with Crippen LogP contribution >= 0.6 is 23.7 Å². The van der Waals surface area contributed by atoms with Gasteiger partial charge < -0.3 is 20.9 Å². The van der Waals surface area contributed by atoms with Crippen LogP contribution in [0, 0.1) is 0 Å². The van der Waals surface area contributed by atoms with Crippen LogP contribution in [-0.4, -0.2) is 58.8 Å². The van der Waals surface area contributed by atoms with E-state index < -0.39 is 0 Å². The first-order chi connectivity index (χ1) is 15.4. The van der Waals surface area contributed by atoms with E-state index in [1.165, 1.54) is 11.3 Å². The highest BCUT2D eigenvalue weighted by Gasteiger charge is 2.16. The Hall–Kier alpha value is -3.01. The molecule has 0 bridgehead atoms. The summed E-state index contributed by atoms with van der Waals surface area (Å²) in [5.74, 6) is -0.0822. The summed E-state index contributed by atoms with van der Waals surface area (Å²) in [7, 11) is 3.94. The summed E-state index contributed by atoms with van der Waals surface area (Å²) in [5, 5.41) is 6.66. The van der Waals surface area contributed by atoms with Crippen LogP contribution in [0.1, 0.15) is 27.2 Å². The largest absolute Gasteiger partial charge is 0.398 e. The molecule has 0 atom stereocenters. The quantitative estimate of drug-likeness (QED) is 0.424. The lowest BCUT2D eigenvalue weighted by Gasteiger charge is -2.25. The Bertz CT molecular complexity index is 1030. The summed E-state index contributed by atoms with van der Waals surface area (Å²) in [6, 6.07) is 7.13. The average molecular weight is 489 g/mol. The number of urea groups is 1.